The van der Waals surface area contributed by atoms with Crippen LogP contribution in [0.25, 0.3) is 0 Å². The maximum atomic E-state index is 8.98. The van der Waals surface area contributed by atoms with Crippen LogP contribution in [-0.2, 0) is 0 Å². The van der Waals surface area contributed by atoms with Crippen LogP contribution in [0.1, 0.15) is 12.0 Å². The zero-order valence-electron chi connectivity index (χ0n) is 11.0. The van der Waals surface area contributed by atoms with Crippen LogP contribution in [0.15, 0.2) is 12.3 Å². The van der Waals surface area contributed by atoms with Crippen molar-refractivity contribution in [2.24, 2.45) is 0 Å². The van der Waals surface area contributed by atoms with Crippen molar-refractivity contribution >= 4 is 11.5 Å². The Balaban J connectivity index is 2.02. The van der Waals surface area contributed by atoms with Crippen molar-refractivity contribution in [2.45, 2.75) is 13.3 Å². The smallest absolute Gasteiger partial charge is 0.130 e. The standard InChI is InChI=1S/C13H22N4O/c1-11-10-15-13(9-12(11)14)17-4-2-3-16(5-6-17)7-8-18/h9-10,18H,2-8H2,1H3,(H2,14,15). The fraction of sp³-hybridized carbons (Fsp3) is 0.615. The zero-order chi connectivity index (χ0) is 13.0. The molecule has 0 atom stereocenters. The maximum Gasteiger partial charge on any atom is 0.130 e. The van der Waals surface area contributed by atoms with E-state index in [1.165, 1.54) is 0 Å². The van der Waals surface area contributed by atoms with Crippen molar-refractivity contribution in [3.63, 3.8) is 0 Å². The van der Waals surface area contributed by atoms with Crippen molar-refractivity contribution in [1.29, 1.82) is 0 Å². The molecule has 0 saturated carbocycles. The highest BCUT2D eigenvalue weighted by Crippen LogP contribution is 2.19. The molecule has 100 valence electrons. The Morgan fingerprint density at radius 3 is 2.89 bits per heavy atom. The normalized spacial score (nSPS) is 17.8. The summed E-state index contributed by atoms with van der Waals surface area (Å²) in [5.41, 5.74) is 7.76. The van der Waals surface area contributed by atoms with Crippen LogP contribution in [0.5, 0.6) is 0 Å². The number of nitrogens with zero attached hydrogens (tertiary/aromatic N) is 3. The lowest BCUT2D eigenvalue weighted by molar-refractivity contribution is 0.204. The van der Waals surface area contributed by atoms with Gasteiger partial charge in [0, 0.05) is 44.1 Å². The molecular formula is C13H22N4O. The highest BCUT2D eigenvalue weighted by molar-refractivity contribution is 5.54. The molecule has 1 aliphatic heterocycles. The Labute approximate surface area is 108 Å². The van der Waals surface area contributed by atoms with Crippen LogP contribution in [0.3, 0.4) is 0 Å². The molecule has 3 N–H and O–H groups in total. The first-order valence-corrected chi connectivity index (χ1v) is 6.51. The molecule has 1 aliphatic rings. The lowest BCUT2D eigenvalue weighted by Crippen LogP contribution is -2.32. The Hall–Kier alpha value is -1.33. The predicted molar refractivity (Wildman–Crippen MR) is 73.7 cm³/mol. The molecule has 2 rings (SSSR count). The van der Waals surface area contributed by atoms with Gasteiger partial charge < -0.3 is 15.7 Å². The fourth-order valence-electron chi connectivity index (χ4n) is 2.27. The fourth-order valence-corrected chi connectivity index (χ4v) is 2.27. The zero-order valence-corrected chi connectivity index (χ0v) is 11.0. The van der Waals surface area contributed by atoms with E-state index < -0.39 is 0 Å². The third-order valence-corrected chi connectivity index (χ3v) is 3.46. The van der Waals surface area contributed by atoms with Crippen molar-refractivity contribution in [3.05, 3.63) is 17.8 Å². The highest BCUT2D eigenvalue weighted by atomic mass is 16.3. The quantitative estimate of drug-likeness (QED) is 0.816. The van der Waals surface area contributed by atoms with E-state index in [-0.39, 0.29) is 6.61 Å². The van der Waals surface area contributed by atoms with Crippen LogP contribution in [-0.4, -0.2) is 54.3 Å². The predicted octanol–water partition coefficient (Wildman–Crippen LogP) is 0.477. The van der Waals surface area contributed by atoms with Gasteiger partial charge in [0.15, 0.2) is 0 Å². The number of hydrogen-bond donors (Lipinski definition) is 2. The molecule has 0 amide bonds. The number of anilines is 2. The van der Waals surface area contributed by atoms with Crippen LogP contribution in [0.4, 0.5) is 11.5 Å². The van der Waals surface area contributed by atoms with Gasteiger partial charge in [-0.2, -0.15) is 0 Å². The number of nitrogens with two attached hydrogens (primary N) is 1. The molecular weight excluding hydrogens is 228 g/mol. The van der Waals surface area contributed by atoms with Crippen LogP contribution in [0, 0.1) is 6.92 Å². The monoisotopic (exact) mass is 250 g/mol. The Morgan fingerprint density at radius 2 is 2.17 bits per heavy atom. The molecule has 0 spiro atoms. The van der Waals surface area contributed by atoms with Crippen LogP contribution < -0.4 is 10.6 Å². The number of aryl methyl sites for hydroxylation is 1. The number of hydrogen-bond acceptors (Lipinski definition) is 5. The summed E-state index contributed by atoms with van der Waals surface area (Å²) < 4.78 is 0. The van der Waals surface area contributed by atoms with Gasteiger partial charge in [-0.1, -0.05) is 0 Å². The molecule has 18 heavy (non-hydrogen) atoms. The van der Waals surface area contributed by atoms with Gasteiger partial charge in [0.05, 0.1) is 6.61 Å². The summed E-state index contributed by atoms with van der Waals surface area (Å²) >= 11 is 0. The van der Waals surface area contributed by atoms with Gasteiger partial charge in [-0.15, -0.1) is 0 Å². The van der Waals surface area contributed by atoms with E-state index in [1.54, 1.807) is 0 Å². The number of rotatable bonds is 3. The van der Waals surface area contributed by atoms with E-state index >= 15 is 0 Å². The summed E-state index contributed by atoms with van der Waals surface area (Å²) in [6, 6.07) is 1.96. The topological polar surface area (TPSA) is 65.6 Å². The molecule has 5 nitrogen and oxygen atoms in total. The number of pyridine rings is 1. The molecule has 0 bridgehead atoms. The first kappa shape index (κ1) is 13.1. The van der Waals surface area contributed by atoms with E-state index in [9.17, 15) is 0 Å². The molecule has 0 aliphatic carbocycles. The summed E-state index contributed by atoms with van der Waals surface area (Å²) in [6.07, 6.45) is 2.93. The van der Waals surface area contributed by atoms with E-state index in [0.717, 1.165) is 56.2 Å². The largest absolute Gasteiger partial charge is 0.398 e. The summed E-state index contributed by atoms with van der Waals surface area (Å²) in [6.45, 7) is 6.91. The molecule has 1 aromatic rings. The molecule has 1 aromatic heterocycles. The Morgan fingerprint density at radius 1 is 1.33 bits per heavy atom. The van der Waals surface area contributed by atoms with E-state index in [2.05, 4.69) is 14.8 Å². The van der Waals surface area contributed by atoms with Gasteiger partial charge in [0.1, 0.15) is 5.82 Å². The summed E-state index contributed by atoms with van der Waals surface area (Å²) in [7, 11) is 0. The first-order valence-electron chi connectivity index (χ1n) is 6.51. The summed E-state index contributed by atoms with van der Waals surface area (Å²) in [5, 5.41) is 8.98. The van der Waals surface area contributed by atoms with Gasteiger partial charge in [-0.3, -0.25) is 4.90 Å². The second kappa shape index (κ2) is 6.02. The van der Waals surface area contributed by atoms with Crippen molar-refractivity contribution in [2.75, 3.05) is 50.0 Å². The van der Waals surface area contributed by atoms with Crippen LogP contribution in [0.2, 0.25) is 0 Å². The number of β-amino-alcohol motifs (C(OH)–C–C–N with tert-alkyl or cyclic N) is 1. The van der Waals surface area contributed by atoms with E-state index in [4.69, 9.17) is 10.8 Å². The molecule has 2 heterocycles. The highest BCUT2D eigenvalue weighted by Gasteiger charge is 2.15. The third kappa shape index (κ3) is 3.11. The molecule has 0 unspecified atom stereocenters. The van der Waals surface area contributed by atoms with Crippen molar-refractivity contribution < 1.29 is 5.11 Å². The van der Waals surface area contributed by atoms with Gasteiger partial charge in [0.2, 0.25) is 0 Å². The number of aliphatic hydroxyl groups is 1. The second-order valence-corrected chi connectivity index (χ2v) is 4.80. The minimum atomic E-state index is 0.232. The molecule has 1 saturated heterocycles. The average molecular weight is 250 g/mol. The first-order chi connectivity index (χ1) is 8.70. The van der Waals surface area contributed by atoms with Gasteiger partial charge in [-0.05, 0) is 25.5 Å². The molecule has 0 aromatic carbocycles. The van der Waals surface area contributed by atoms with E-state index in [1.807, 2.05) is 19.2 Å². The number of aromatic nitrogens is 1. The van der Waals surface area contributed by atoms with Gasteiger partial charge in [-0.25, -0.2) is 4.98 Å². The van der Waals surface area contributed by atoms with Crippen molar-refractivity contribution in [3.8, 4) is 0 Å². The second-order valence-electron chi connectivity index (χ2n) is 4.80. The van der Waals surface area contributed by atoms with E-state index in [0.29, 0.717) is 0 Å². The molecule has 1 fully saturated rings. The minimum Gasteiger partial charge on any atom is -0.398 e. The lowest BCUT2D eigenvalue weighted by atomic mass is 10.2. The SMILES string of the molecule is Cc1cnc(N2CCCN(CCO)CC2)cc1N. The lowest BCUT2D eigenvalue weighted by Gasteiger charge is -2.22. The van der Waals surface area contributed by atoms with Crippen molar-refractivity contribution in [1.82, 2.24) is 9.88 Å². The Bertz CT molecular complexity index is 397. The average Bonchev–Trinajstić information content (AvgIpc) is 2.59. The summed E-state index contributed by atoms with van der Waals surface area (Å²) in [5.74, 6) is 0.962. The van der Waals surface area contributed by atoms with Gasteiger partial charge >= 0.3 is 0 Å². The minimum absolute atomic E-state index is 0.232. The summed E-state index contributed by atoms with van der Waals surface area (Å²) in [4.78, 5) is 9.01. The number of aliphatic hydroxyl groups excluding tert-OH is 1. The number of nitrogen functional groups attached to an aromatic ring is 1. The molecule has 5 heteroatoms. The maximum absolute atomic E-state index is 8.98. The molecule has 0 radical (unpaired) electrons. The third-order valence-electron chi connectivity index (χ3n) is 3.46. The van der Waals surface area contributed by atoms with Crippen LogP contribution >= 0.6 is 0 Å². The Kier molecular flexibility index (Phi) is 4.38. The van der Waals surface area contributed by atoms with Gasteiger partial charge in [0.25, 0.3) is 0 Å².